The minimum Gasteiger partial charge on any atom is -0.478 e. The van der Waals surface area contributed by atoms with Crippen molar-refractivity contribution in [3.63, 3.8) is 0 Å². The Labute approximate surface area is 186 Å². The van der Waals surface area contributed by atoms with E-state index in [1.165, 1.54) is 12.3 Å². The van der Waals surface area contributed by atoms with Crippen LogP contribution in [-0.4, -0.2) is 57.2 Å². The van der Waals surface area contributed by atoms with E-state index in [9.17, 15) is 33.1 Å². The topological polar surface area (TPSA) is 132 Å². The van der Waals surface area contributed by atoms with Gasteiger partial charge in [0.05, 0.1) is 17.0 Å². The lowest BCUT2D eigenvalue weighted by molar-refractivity contribution is -0.192. The summed E-state index contributed by atoms with van der Waals surface area (Å²) >= 11 is 0. The minimum atomic E-state index is -5.08. The summed E-state index contributed by atoms with van der Waals surface area (Å²) < 4.78 is 31.7. The van der Waals surface area contributed by atoms with Crippen LogP contribution in [0.3, 0.4) is 0 Å². The Hall–Kier alpha value is -3.94. The first-order valence-corrected chi connectivity index (χ1v) is 9.67. The number of aromatic nitrogens is 1. The molecule has 8 nitrogen and oxygen atoms in total. The number of hydrogen-bond donors (Lipinski definition) is 2. The molecule has 0 radical (unpaired) electrons. The first-order chi connectivity index (χ1) is 15.4. The fraction of sp³-hybridized carbons (Fsp3) is 0.318. The Balaban J connectivity index is 0.000000479. The zero-order valence-electron chi connectivity index (χ0n) is 17.5. The largest absolute Gasteiger partial charge is 0.490 e. The second kappa shape index (κ2) is 10.1. The van der Waals surface area contributed by atoms with Gasteiger partial charge in [0.25, 0.3) is 5.91 Å². The van der Waals surface area contributed by atoms with E-state index in [4.69, 9.17) is 9.90 Å². The number of alkyl halides is 3. The van der Waals surface area contributed by atoms with Crippen LogP contribution in [0.2, 0.25) is 0 Å². The molecule has 1 aromatic carbocycles. The summed E-state index contributed by atoms with van der Waals surface area (Å²) in [7, 11) is 0. The van der Waals surface area contributed by atoms with Gasteiger partial charge in [0.15, 0.2) is 0 Å². The minimum absolute atomic E-state index is 0.0796. The van der Waals surface area contributed by atoms with Gasteiger partial charge in [0.2, 0.25) is 0 Å². The third kappa shape index (κ3) is 6.06. The lowest BCUT2D eigenvalue weighted by atomic mass is 9.74. The van der Waals surface area contributed by atoms with Gasteiger partial charge in [-0.3, -0.25) is 9.78 Å². The molecule has 1 saturated heterocycles. The van der Waals surface area contributed by atoms with Crippen molar-refractivity contribution in [3.8, 4) is 6.07 Å². The highest BCUT2D eigenvalue weighted by atomic mass is 19.4. The van der Waals surface area contributed by atoms with Crippen LogP contribution in [0, 0.1) is 18.3 Å². The van der Waals surface area contributed by atoms with Crippen LogP contribution in [0.5, 0.6) is 0 Å². The number of nitrogens with zero attached hydrogens (tertiary/aromatic N) is 3. The number of carboxylic acids is 2. The Morgan fingerprint density at radius 2 is 1.67 bits per heavy atom. The van der Waals surface area contributed by atoms with Gasteiger partial charge < -0.3 is 15.1 Å². The van der Waals surface area contributed by atoms with E-state index in [2.05, 4.69) is 11.1 Å². The second-order valence-corrected chi connectivity index (χ2v) is 7.34. The van der Waals surface area contributed by atoms with Gasteiger partial charge in [-0.2, -0.15) is 18.4 Å². The predicted molar refractivity (Wildman–Crippen MR) is 108 cm³/mol. The van der Waals surface area contributed by atoms with Crippen molar-refractivity contribution in [2.24, 2.45) is 0 Å². The molecular formula is C22H20F3N3O5. The average Bonchev–Trinajstić information content (AvgIpc) is 2.79. The first kappa shape index (κ1) is 25.3. The number of rotatable bonds is 3. The standard InChI is InChI=1S/C20H19N3O3.C2HF3O2/c1-14-12-22-17(11-16(14)19(25)26)18(24)23-9-7-20(13-21,8-10-23)15-5-3-2-4-6-15;3-2(4,5)1(6)7/h2-6,11-12H,7-10H2,1H3,(H,25,26);(H,6,7). The van der Waals surface area contributed by atoms with Crippen molar-refractivity contribution in [2.45, 2.75) is 31.4 Å². The number of aryl methyl sites for hydroxylation is 1. The summed E-state index contributed by atoms with van der Waals surface area (Å²) in [5.41, 5.74) is 1.09. The quantitative estimate of drug-likeness (QED) is 0.713. The number of nitriles is 1. The Morgan fingerprint density at radius 3 is 2.12 bits per heavy atom. The van der Waals surface area contributed by atoms with Crippen LogP contribution < -0.4 is 0 Å². The zero-order chi connectivity index (χ0) is 24.8. The molecular weight excluding hydrogens is 443 g/mol. The maximum Gasteiger partial charge on any atom is 0.490 e. The van der Waals surface area contributed by atoms with Crippen molar-refractivity contribution >= 4 is 17.8 Å². The Morgan fingerprint density at radius 1 is 1.12 bits per heavy atom. The molecule has 3 rings (SSSR count). The molecule has 0 spiro atoms. The van der Waals surface area contributed by atoms with Gasteiger partial charge in [-0.25, -0.2) is 9.59 Å². The number of likely N-dealkylation sites (tertiary alicyclic amines) is 1. The van der Waals surface area contributed by atoms with Crippen LogP contribution in [0.15, 0.2) is 42.6 Å². The predicted octanol–water partition coefficient (Wildman–Crippen LogP) is 3.42. The number of pyridine rings is 1. The maximum atomic E-state index is 12.7. The SMILES string of the molecule is Cc1cnc(C(=O)N2CCC(C#N)(c3ccccc3)CC2)cc1C(=O)O.O=C(O)C(F)(F)F. The number of aliphatic carboxylic acids is 1. The number of carbonyl (C=O) groups is 3. The fourth-order valence-electron chi connectivity index (χ4n) is 3.35. The molecule has 1 aliphatic rings. The third-order valence-corrected chi connectivity index (χ3v) is 5.24. The maximum absolute atomic E-state index is 12.7. The number of benzene rings is 1. The van der Waals surface area contributed by atoms with E-state index in [1.807, 2.05) is 30.3 Å². The van der Waals surface area contributed by atoms with Crippen molar-refractivity contribution < 1.29 is 37.8 Å². The van der Waals surface area contributed by atoms with Crippen LogP contribution in [0.1, 0.15) is 44.8 Å². The molecule has 2 heterocycles. The van der Waals surface area contributed by atoms with E-state index in [0.29, 0.717) is 31.5 Å². The third-order valence-electron chi connectivity index (χ3n) is 5.24. The number of carboxylic acid groups (broad SMARTS) is 2. The van der Waals surface area contributed by atoms with Crippen LogP contribution in [0.4, 0.5) is 13.2 Å². The lowest BCUT2D eigenvalue weighted by Crippen LogP contribution is -2.44. The molecule has 11 heteroatoms. The lowest BCUT2D eigenvalue weighted by Gasteiger charge is -2.37. The number of amides is 1. The Kier molecular flexibility index (Phi) is 7.76. The van der Waals surface area contributed by atoms with Gasteiger partial charge >= 0.3 is 18.1 Å². The molecule has 2 aromatic rings. The van der Waals surface area contributed by atoms with Crippen molar-refractivity contribution in [2.75, 3.05) is 13.1 Å². The number of halogens is 3. The van der Waals surface area contributed by atoms with Crippen LogP contribution in [0.25, 0.3) is 0 Å². The summed E-state index contributed by atoms with van der Waals surface area (Å²) in [6, 6.07) is 13.4. The molecule has 0 aliphatic carbocycles. The molecule has 1 aromatic heterocycles. The zero-order valence-corrected chi connectivity index (χ0v) is 17.5. The van der Waals surface area contributed by atoms with E-state index < -0.39 is 23.5 Å². The number of carbonyl (C=O) groups excluding carboxylic acids is 1. The summed E-state index contributed by atoms with van der Waals surface area (Å²) in [6.07, 6.45) is -2.60. The van der Waals surface area contributed by atoms with Crippen LogP contribution in [-0.2, 0) is 10.2 Å². The molecule has 1 fully saturated rings. The highest BCUT2D eigenvalue weighted by Gasteiger charge is 2.39. The summed E-state index contributed by atoms with van der Waals surface area (Å²) in [5, 5.41) is 26.1. The van der Waals surface area contributed by atoms with E-state index in [1.54, 1.807) is 11.8 Å². The van der Waals surface area contributed by atoms with Gasteiger partial charge in [-0.15, -0.1) is 0 Å². The van der Waals surface area contributed by atoms with Crippen LogP contribution >= 0.6 is 0 Å². The highest BCUT2D eigenvalue weighted by molar-refractivity contribution is 5.96. The second-order valence-electron chi connectivity index (χ2n) is 7.34. The van der Waals surface area contributed by atoms with E-state index in [0.717, 1.165) is 5.56 Å². The summed E-state index contributed by atoms with van der Waals surface area (Å²) in [5.74, 6) is -4.13. The number of hydrogen-bond acceptors (Lipinski definition) is 5. The van der Waals surface area contributed by atoms with Gasteiger partial charge in [-0.1, -0.05) is 30.3 Å². The molecule has 174 valence electrons. The smallest absolute Gasteiger partial charge is 0.478 e. The fourth-order valence-corrected chi connectivity index (χ4v) is 3.35. The molecule has 1 aliphatic heterocycles. The summed E-state index contributed by atoms with van der Waals surface area (Å²) in [6.45, 7) is 2.51. The highest BCUT2D eigenvalue weighted by Crippen LogP contribution is 2.35. The molecule has 0 saturated carbocycles. The molecule has 0 bridgehead atoms. The Bertz CT molecular complexity index is 1070. The van der Waals surface area contributed by atoms with Gasteiger partial charge in [0, 0.05) is 19.3 Å². The van der Waals surface area contributed by atoms with Crippen molar-refractivity contribution in [3.05, 3.63) is 65.0 Å². The number of aromatic carboxylic acids is 1. The van der Waals surface area contributed by atoms with Gasteiger partial charge in [-0.05, 0) is 37.0 Å². The molecule has 1 amide bonds. The normalized spacial score (nSPS) is 14.9. The first-order valence-electron chi connectivity index (χ1n) is 9.67. The van der Waals surface area contributed by atoms with Crippen molar-refractivity contribution in [1.82, 2.24) is 9.88 Å². The summed E-state index contributed by atoms with van der Waals surface area (Å²) in [4.78, 5) is 38.6. The number of piperidine rings is 1. The monoisotopic (exact) mass is 463 g/mol. The van der Waals surface area contributed by atoms with Crippen molar-refractivity contribution in [1.29, 1.82) is 5.26 Å². The molecule has 0 unspecified atom stereocenters. The van der Waals surface area contributed by atoms with Gasteiger partial charge in [0.1, 0.15) is 5.69 Å². The average molecular weight is 463 g/mol. The van der Waals surface area contributed by atoms with E-state index in [-0.39, 0.29) is 17.2 Å². The van der Waals surface area contributed by atoms with E-state index >= 15 is 0 Å². The molecule has 0 atom stereocenters. The molecule has 33 heavy (non-hydrogen) atoms. The molecule has 2 N–H and O–H groups in total.